The Kier molecular flexibility index (Phi) is 2.98. The summed E-state index contributed by atoms with van der Waals surface area (Å²) in [7, 11) is 0. The summed E-state index contributed by atoms with van der Waals surface area (Å²) >= 11 is 0. The first-order valence-corrected chi connectivity index (χ1v) is 6.55. The normalized spacial score (nSPS) is 25.4. The van der Waals surface area contributed by atoms with Gasteiger partial charge in [-0.25, -0.2) is 4.79 Å². The van der Waals surface area contributed by atoms with Crippen LogP contribution >= 0.6 is 0 Å². The minimum absolute atomic E-state index is 0.116. The molecule has 0 spiro atoms. The molecule has 1 unspecified atom stereocenters. The van der Waals surface area contributed by atoms with Crippen LogP contribution in [0.2, 0.25) is 0 Å². The van der Waals surface area contributed by atoms with Crippen LogP contribution in [-0.2, 0) is 16.0 Å². The molecule has 1 saturated heterocycles. The van der Waals surface area contributed by atoms with E-state index in [-0.39, 0.29) is 11.9 Å². The Morgan fingerprint density at radius 1 is 1.32 bits per heavy atom. The summed E-state index contributed by atoms with van der Waals surface area (Å²) in [6, 6.07) is 6.41. The van der Waals surface area contributed by atoms with Gasteiger partial charge in [-0.3, -0.25) is 9.69 Å². The van der Waals surface area contributed by atoms with Gasteiger partial charge in [-0.2, -0.15) is 0 Å². The minimum Gasteiger partial charge on any atom is -0.480 e. The maximum atomic E-state index is 12.5. The molecule has 2 aliphatic rings. The van der Waals surface area contributed by atoms with Gasteiger partial charge in [-0.1, -0.05) is 18.2 Å². The van der Waals surface area contributed by atoms with Gasteiger partial charge in [0.1, 0.15) is 6.04 Å². The standard InChI is InChI=1S/C14H16N2O3/c17-13(10-5-3-7-15-10)16-11-6-2-1-4-9(11)8-12(16)14(18)19/h1-2,4,6,10,12,15H,3,5,7-8H2,(H,18,19)/t10-,12?/m1/s1. The summed E-state index contributed by atoms with van der Waals surface area (Å²) in [4.78, 5) is 25.4. The van der Waals surface area contributed by atoms with Crippen LogP contribution in [0.25, 0.3) is 0 Å². The number of carbonyl (C=O) groups excluding carboxylic acids is 1. The second-order valence-electron chi connectivity index (χ2n) is 5.04. The number of nitrogens with zero attached hydrogens (tertiary/aromatic N) is 1. The molecule has 1 amide bonds. The number of rotatable bonds is 2. The third-order valence-corrected chi connectivity index (χ3v) is 3.86. The van der Waals surface area contributed by atoms with Crippen LogP contribution < -0.4 is 10.2 Å². The van der Waals surface area contributed by atoms with Crippen LogP contribution in [0.4, 0.5) is 5.69 Å². The van der Waals surface area contributed by atoms with Gasteiger partial charge in [0.05, 0.1) is 6.04 Å². The molecule has 1 aromatic carbocycles. The summed E-state index contributed by atoms with van der Waals surface area (Å²) in [5, 5.41) is 12.5. The van der Waals surface area contributed by atoms with Gasteiger partial charge in [0.2, 0.25) is 5.91 Å². The van der Waals surface area contributed by atoms with Gasteiger partial charge in [0.15, 0.2) is 0 Å². The average molecular weight is 260 g/mol. The second kappa shape index (κ2) is 4.66. The molecule has 0 aliphatic carbocycles. The SMILES string of the molecule is O=C(O)C1Cc2ccccc2N1C(=O)[C@H]1CCCN1. The zero-order valence-corrected chi connectivity index (χ0v) is 10.5. The highest BCUT2D eigenvalue weighted by Gasteiger charge is 2.41. The van der Waals surface area contributed by atoms with Crippen molar-refractivity contribution in [1.29, 1.82) is 0 Å². The zero-order chi connectivity index (χ0) is 13.4. The molecule has 0 aromatic heterocycles. The molecule has 2 N–H and O–H groups in total. The lowest BCUT2D eigenvalue weighted by atomic mass is 10.1. The Bertz CT molecular complexity index is 523. The molecule has 2 heterocycles. The summed E-state index contributed by atoms with van der Waals surface area (Å²) in [6.07, 6.45) is 2.14. The first-order valence-electron chi connectivity index (χ1n) is 6.55. The van der Waals surface area contributed by atoms with E-state index in [4.69, 9.17) is 0 Å². The summed E-state index contributed by atoms with van der Waals surface area (Å²) in [5.41, 5.74) is 1.68. The van der Waals surface area contributed by atoms with E-state index in [2.05, 4.69) is 5.32 Å². The van der Waals surface area contributed by atoms with Crippen LogP contribution in [-0.4, -0.2) is 35.6 Å². The van der Waals surface area contributed by atoms with Crippen molar-refractivity contribution in [2.24, 2.45) is 0 Å². The largest absolute Gasteiger partial charge is 0.480 e. The Morgan fingerprint density at radius 2 is 2.11 bits per heavy atom. The smallest absolute Gasteiger partial charge is 0.327 e. The van der Waals surface area contributed by atoms with Crippen LogP contribution in [0.15, 0.2) is 24.3 Å². The van der Waals surface area contributed by atoms with Gasteiger partial charge in [0.25, 0.3) is 0 Å². The van der Waals surface area contributed by atoms with Crippen molar-refractivity contribution in [2.45, 2.75) is 31.3 Å². The highest BCUT2D eigenvalue weighted by molar-refractivity contribution is 6.04. The van der Waals surface area contributed by atoms with Gasteiger partial charge < -0.3 is 10.4 Å². The van der Waals surface area contributed by atoms with E-state index in [1.165, 1.54) is 4.90 Å². The minimum atomic E-state index is -0.942. The molecule has 2 atom stereocenters. The van der Waals surface area contributed by atoms with Crippen LogP contribution in [0, 0.1) is 0 Å². The van der Waals surface area contributed by atoms with Crippen molar-refractivity contribution < 1.29 is 14.7 Å². The number of carboxylic acids is 1. The number of hydrogen-bond donors (Lipinski definition) is 2. The van der Waals surface area contributed by atoms with Gasteiger partial charge in [-0.05, 0) is 31.0 Å². The molecule has 100 valence electrons. The number of nitrogens with one attached hydrogen (secondary N) is 1. The zero-order valence-electron chi connectivity index (χ0n) is 10.5. The number of fused-ring (bicyclic) bond motifs is 1. The molecular weight excluding hydrogens is 244 g/mol. The number of aliphatic carboxylic acids is 1. The maximum absolute atomic E-state index is 12.5. The molecule has 0 saturated carbocycles. The third kappa shape index (κ3) is 2.00. The molecule has 1 aromatic rings. The van der Waals surface area contributed by atoms with E-state index in [0.29, 0.717) is 6.42 Å². The maximum Gasteiger partial charge on any atom is 0.327 e. The van der Waals surface area contributed by atoms with Gasteiger partial charge >= 0.3 is 5.97 Å². The lowest BCUT2D eigenvalue weighted by molar-refractivity contribution is -0.140. The quantitative estimate of drug-likeness (QED) is 0.824. The molecule has 0 radical (unpaired) electrons. The number of benzene rings is 1. The Morgan fingerprint density at radius 3 is 2.79 bits per heavy atom. The molecule has 3 rings (SSSR count). The number of anilines is 1. The monoisotopic (exact) mass is 260 g/mol. The molecule has 5 heteroatoms. The van der Waals surface area contributed by atoms with E-state index in [9.17, 15) is 14.7 Å². The lowest BCUT2D eigenvalue weighted by Crippen LogP contribution is -2.50. The number of carbonyl (C=O) groups is 2. The van der Waals surface area contributed by atoms with E-state index in [0.717, 1.165) is 30.6 Å². The number of para-hydroxylation sites is 1. The predicted octanol–water partition coefficient (Wildman–Crippen LogP) is 0.781. The van der Waals surface area contributed by atoms with E-state index >= 15 is 0 Å². The Hall–Kier alpha value is -1.88. The first-order chi connectivity index (χ1) is 9.18. The van der Waals surface area contributed by atoms with Crippen molar-refractivity contribution in [3.05, 3.63) is 29.8 Å². The molecule has 19 heavy (non-hydrogen) atoms. The summed E-state index contributed by atoms with van der Waals surface area (Å²) in [5.74, 6) is -1.06. The first kappa shape index (κ1) is 12.2. The van der Waals surface area contributed by atoms with Crippen molar-refractivity contribution in [3.8, 4) is 0 Å². The second-order valence-corrected chi connectivity index (χ2v) is 5.04. The van der Waals surface area contributed by atoms with Crippen LogP contribution in [0.1, 0.15) is 18.4 Å². The van der Waals surface area contributed by atoms with Crippen molar-refractivity contribution in [3.63, 3.8) is 0 Å². The average Bonchev–Trinajstić information content (AvgIpc) is 3.05. The number of hydrogen-bond acceptors (Lipinski definition) is 3. The van der Waals surface area contributed by atoms with E-state index in [1.54, 1.807) is 0 Å². The molecule has 1 fully saturated rings. The highest BCUT2D eigenvalue weighted by atomic mass is 16.4. The van der Waals surface area contributed by atoms with Crippen molar-refractivity contribution >= 4 is 17.6 Å². The third-order valence-electron chi connectivity index (χ3n) is 3.86. The molecule has 2 aliphatic heterocycles. The van der Waals surface area contributed by atoms with Gasteiger partial charge in [-0.15, -0.1) is 0 Å². The Balaban J connectivity index is 1.95. The molecule has 0 bridgehead atoms. The summed E-state index contributed by atoms with van der Waals surface area (Å²) in [6.45, 7) is 0.823. The number of carboxylic acid groups (broad SMARTS) is 1. The number of amides is 1. The lowest BCUT2D eigenvalue weighted by Gasteiger charge is -2.25. The molecular formula is C14H16N2O3. The Labute approximate surface area is 111 Å². The van der Waals surface area contributed by atoms with E-state index in [1.807, 2.05) is 24.3 Å². The van der Waals surface area contributed by atoms with E-state index < -0.39 is 12.0 Å². The van der Waals surface area contributed by atoms with Crippen molar-refractivity contribution in [1.82, 2.24) is 5.32 Å². The fraction of sp³-hybridized carbons (Fsp3) is 0.429. The topological polar surface area (TPSA) is 69.6 Å². The molecule has 5 nitrogen and oxygen atoms in total. The summed E-state index contributed by atoms with van der Waals surface area (Å²) < 4.78 is 0. The fourth-order valence-electron chi connectivity index (χ4n) is 2.92. The van der Waals surface area contributed by atoms with Crippen LogP contribution in [0.3, 0.4) is 0 Å². The predicted molar refractivity (Wildman–Crippen MR) is 70.1 cm³/mol. The highest BCUT2D eigenvalue weighted by Crippen LogP contribution is 2.33. The fourth-order valence-corrected chi connectivity index (χ4v) is 2.92. The van der Waals surface area contributed by atoms with Gasteiger partial charge in [0, 0.05) is 12.1 Å². The van der Waals surface area contributed by atoms with Crippen LogP contribution in [0.5, 0.6) is 0 Å². The van der Waals surface area contributed by atoms with Crippen molar-refractivity contribution in [2.75, 3.05) is 11.4 Å².